The van der Waals surface area contributed by atoms with Crippen molar-refractivity contribution in [3.63, 3.8) is 0 Å². The van der Waals surface area contributed by atoms with E-state index in [4.69, 9.17) is 0 Å². The number of urea groups is 1. The van der Waals surface area contributed by atoms with E-state index in [-0.39, 0.29) is 23.2 Å². The van der Waals surface area contributed by atoms with Gasteiger partial charge in [0.1, 0.15) is 5.75 Å². The third kappa shape index (κ3) is 4.43. The summed E-state index contributed by atoms with van der Waals surface area (Å²) in [5.74, 6) is 2.73. The first-order chi connectivity index (χ1) is 15.0. The van der Waals surface area contributed by atoms with Gasteiger partial charge in [0.25, 0.3) is 0 Å². The summed E-state index contributed by atoms with van der Waals surface area (Å²) in [7, 11) is 0. The molecule has 1 aromatic carbocycles. The number of amides is 3. The number of phenolic OH excluding ortho intramolecular Hbond substituents is 1. The first-order valence-corrected chi connectivity index (χ1v) is 11.8. The largest absolute Gasteiger partial charge is 0.508 e. The molecule has 6 nitrogen and oxygen atoms in total. The van der Waals surface area contributed by atoms with Crippen LogP contribution in [0.3, 0.4) is 0 Å². The molecule has 3 N–H and O–H groups in total. The maximum absolute atomic E-state index is 12.6. The number of carbonyl (C=O) groups excluding carboxylic acids is 2. The summed E-state index contributed by atoms with van der Waals surface area (Å²) < 4.78 is 0. The number of nitrogens with one attached hydrogen (secondary N) is 2. The van der Waals surface area contributed by atoms with Crippen LogP contribution in [0, 0.1) is 17.8 Å². The van der Waals surface area contributed by atoms with Crippen LogP contribution >= 0.6 is 0 Å². The van der Waals surface area contributed by atoms with Crippen LogP contribution in [-0.4, -0.2) is 47.1 Å². The molecule has 1 aliphatic heterocycles. The monoisotopic (exact) mass is 423 g/mol. The van der Waals surface area contributed by atoms with Crippen molar-refractivity contribution in [2.75, 3.05) is 19.6 Å². The molecule has 6 rings (SSSR count). The zero-order chi connectivity index (χ0) is 21.4. The van der Waals surface area contributed by atoms with Crippen LogP contribution in [0.5, 0.6) is 5.75 Å². The van der Waals surface area contributed by atoms with Crippen LogP contribution in [-0.2, 0) is 4.79 Å². The molecule has 0 radical (unpaired) electrons. The third-order valence-corrected chi connectivity index (χ3v) is 7.84. The number of hydrogen-bond acceptors (Lipinski definition) is 3. The van der Waals surface area contributed by atoms with Crippen LogP contribution in [0.2, 0.25) is 0 Å². The van der Waals surface area contributed by atoms with Crippen LogP contribution in [0.25, 0.3) is 5.57 Å². The van der Waals surface area contributed by atoms with Gasteiger partial charge in [-0.25, -0.2) is 4.79 Å². The minimum Gasteiger partial charge on any atom is -0.508 e. The van der Waals surface area contributed by atoms with Gasteiger partial charge in [-0.2, -0.15) is 0 Å². The maximum Gasteiger partial charge on any atom is 0.315 e. The van der Waals surface area contributed by atoms with E-state index < -0.39 is 0 Å². The molecule has 4 fully saturated rings. The Morgan fingerprint density at radius 1 is 1.03 bits per heavy atom. The van der Waals surface area contributed by atoms with Crippen LogP contribution in [0.15, 0.2) is 30.3 Å². The molecule has 4 saturated carbocycles. The lowest BCUT2D eigenvalue weighted by atomic mass is 9.53. The van der Waals surface area contributed by atoms with Gasteiger partial charge >= 0.3 is 6.03 Å². The first-order valence-electron chi connectivity index (χ1n) is 11.8. The molecule has 6 heteroatoms. The minimum atomic E-state index is -0.108. The van der Waals surface area contributed by atoms with Gasteiger partial charge in [-0.3, -0.25) is 4.79 Å². The maximum atomic E-state index is 12.6. The van der Waals surface area contributed by atoms with Crippen molar-refractivity contribution in [2.45, 2.75) is 56.9 Å². The van der Waals surface area contributed by atoms with Crippen LogP contribution in [0.4, 0.5) is 4.79 Å². The van der Waals surface area contributed by atoms with E-state index >= 15 is 0 Å². The number of carbonyl (C=O) groups is 2. The predicted molar refractivity (Wildman–Crippen MR) is 119 cm³/mol. The van der Waals surface area contributed by atoms with Crippen molar-refractivity contribution in [1.82, 2.24) is 15.5 Å². The second-order valence-corrected chi connectivity index (χ2v) is 10.2. The fourth-order valence-electron chi connectivity index (χ4n) is 6.82. The molecule has 0 spiro atoms. The van der Waals surface area contributed by atoms with Crippen molar-refractivity contribution in [3.8, 4) is 5.75 Å². The lowest BCUT2D eigenvalue weighted by molar-refractivity contribution is -0.130. The Hall–Kier alpha value is -2.50. The Bertz CT molecular complexity index is 841. The van der Waals surface area contributed by atoms with E-state index in [0.29, 0.717) is 26.1 Å². The molecular weight excluding hydrogens is 390 g/mol. The highest BCUT2D eigenvalue weighted by Crippen LogP contribution is 2.55. The van der Waals surface area contributed by atoms with Gasteiger partial charge in [-0.05, 0) is 86.0 Å². The summed E-state index contributed by atoms with van der Waals surface area (Å²) in [4.78, 5) is 27.0. The molecule has 1 heterocycles. The molecule has 0 saturated heterocycles. The summed E-state index contributed by atoms with van der Waals surface area (Å²) in [6, 6.07) is 7.08. The van der Waals surface area contributed by atoms with E-state index in [1.807, 2.05) is 17.0 Å². The molecule has 1 aromatic rings. The number of aromatic hydroxyl groups is 1. The smallest absolute Gasteiger partial charge is 0.315 e. The quantitative estimate of drug-likeness (QED) is 0.676. The highest BCUT2D eigenvalue weighted by Gasteiger charge is 2.51. The summed E-state index contributed by atoms with van der Waals surface area (Å²) in [6.45, 7) is 1.65. The van der Waals surface area contributed by atoms with E-state index in [1.165, 1.54) is 24.8 Å². The van der Waals surface area contributed by atoms with Crippen LogP contribution in [0.1, 0.15) is 56.9 Å². The van der Waals surface area contributed by atoms with Crippen molar-refractivity contribution >= 4 is 17.5 Å². The second kappa shape index (κ2) is 8.21. The Kier molecular flexibility index (Phi) is 5.40. The summed E-state index contributed by atoms with van der Waals surface area (Å²) in [6.07, 6.45) is 10.7. The summed E-state index contributed by atoms with van der Waals surface area (Å²) in [5, 5.41) is 15.7. The van der Waals surface area contributed by atoms with Gasteiger partial charge in [0, 0.05) is 31.6 Å². The highest BCUT2D eigenvalue weighted by atomic mass is 16.3. The van der Waals surface area contributed by atoms with E-state index in [9.17, 15) is 14.7 Å². The topological polar surface area (TPSA) is 81.7 Å². The highest BCUT2D eigenvalue weighted by molar-refractivity contribution is 5.80. The number of hydrogen-bond donors (Lipinski definition) is 3. The molecule has 3 amide bonds. The Balaban J connectivity index is 1.06. The van der Waals surface area contributed by atoms with Crippen molar-refractivity contribution < 1.29 is 14.7 Å². The van der Waals surface area contributed by atoms with Crippen molar-refractivity contribution in [2.24, 2.45) is 17.8 Å². The number of phenols is 1. The molecule has 166 valence electrons. The minimum absolute atomic E-state index is 0.00510. The SMILES string of the molecule is O=C(NCCC(=O)N1CC=C(c2ccc(O)cc2)CC1)NC12CC3CC(CC(C3)C1)C2. The van der Waals surface area contributed by atoms with Gasteiger partial charge in [-0.1, -0.05) is 18.2 Å². The van der Waals surface area contributed by atoms with E-state index in [1.54, 1.807) is 12.1 Å². The van der Waals surface area contributed by atoms with Gasteiger partial charge in [0.2, 0.25) is 5.91 Å². The molecule has 31 heavy (non-hydrogen) atoms. The third-order valence-electron chi connectivity index (χ3n) is 7.84. The Labute approximate surface area is 184 Å². The average molecular weight is 424 g/mol. The van der Waals surface area contributed by atoms with Crippen molar-refractivity contribution in [1.29, 1.82) is 0 Å². The fourth-order valence-corrected chi connectivity index (χ4v) is 6.82. The van der Waals surface area contributed by atoms with Crippen molar-refractivity contribution in [3.05, 3.63) is 35.9 Å². The summed E-state index contributed by atoms with van der Waals surface area (Å²) >= 11 is 0. The molecule has 4 aliphatic carbocycles. The Morgan fingerprint density at radius 2 is 1.68 bits per heavy atom. The van der Waals surface area contributed by atoms with E-state index in [0.717, 1.165) is 49.0 Å². The molecule has 0 unspecified atom stereocenters. The molecular formula is C25H33N3O3. The lowest BCUT2D eigenvalue weighted by Crippen LogP contribution is -2.61. The average Bonchev–Trinajstić information content (AvgIpc) is 2.73. The van der Waals surface area contributed by atoms with Gasteiger partial charge in [-0.15, -0.1) is 0 Å². The Morgan fingerprint density at radius 3 is 2.26 bits per heavy atom. The molecule has 0 aromatic heterocycles. The van der Waals surface area contributed by atoms with Crippen LogP contribution < -0.4 is 10.6 Å². The summed E-state index contributed by atoms with van der Waals surface area (Å²) in [5.41, 5.74) is 2.30. The van der Waals surface area contributed by atoms with Gasteiger partial charge in [0.15, 0.2) is 0 Å². The van der Waals surface area contributed by atoms with Gasteiger partial charge in [0.05, 0.1) is 0 Å². The second-order valence-electron chi connectivity index (χ2n) is 10.2. The number of nitrogens with zero attached hydrogens (tertiary/aromatic N) is 1. The zero-order valence-corrected chi connectivity index (χ0v) is 18.1. The standard InChI is InChI=1S/C25H33N3O3/c29-22-3-1-20(2-4-22)21-6-9-28(10-7-21)23(30)5-8-26-24(31)27-25-14-17-11-18(15-25)13-19(12-17)16-25/h1-4,6,17-19,29H,5,7-16H2,(H2,26,27,31). The lowest BCUT2D eigenvalue weighted by Gasteiger charge is -2.56. The molecule has 5 aliphatic rings. The predicted octanol–water partition coefficient (Wildman–Crippen LogP) is 3.67. The molecule has 0 atom stereocenters. The molecule has 4 bridgehead atoms. The fraction of sp³-hybridized carbons (Fsp3) is 0.600. The van der Waals surface area contributed by atoms with Gasteiger partial charge < -0.3 is 20.6 Å². The normalized spacial score (nSPS) is 31.3. The number of rotatable bonds is 5. The number of benzene rings is 1. The first kappa shape index (κ1) is 20.4. The zero-order valence-electron chi connectivity index (χ0n) is 18.1. The van der Waals surface area contributed by atoms with E-state index in [2.05, 4.69) is 16.7 Å².